The maximum Gasteiger partial charge on any atom is 0.262 e. The van der Waals surface area contributed by atoms with Crippen molar-refractivity contribution in [2.24, 2.45) is 5.14 Å². The molecular weight excluding hydrogens is 338 g/mol. The van der Waals surface area contributed by atoms with Crippen molar-refractivity contribution in [2.75, 3.05) is 4.72 Å². The lowest BCUT2D eigenvalue weighted by molar-refractivity contribution is 0.597. The molecule has 0 aromatic heterocycles. The van der Waals surface area contributed by atoms with Gasteiger partial charge in [0, 0.05) is 5.69 Å². The lowest BCUT2D eigenvalue weighted by atomic mass is 10.2. The van der Waals surface area contributed by atoms with E-state index < -0.39 is 20.0 Å². The number of sulfonamides is 2. The van der Waals surface area contributed by atoms with Crippen molar-refractivity contribution in [3.05, 3.63) is 54.1 Å². The number of nitrogens with two attached hydrogens (primary N) is 1. The van der Waals surface area contributed by atoms with Crippen molar-refractivity contribution in [2.45, 2.75) is 16.2 Å². The Hall–Kier alpha value is -2.41. The van der Waals surface area contributed by atoms with Crippen molar-refractivity contribution in [3.8, 4) is 6.07 Å². The SMILES string of the molecule is N#CCc1ccccc1S(=O)(=O)Nc1ccc(S(N)(=O)=O)cc1. The predicted octanol–water partition coefficient (Wildman–Crippen LogP) is 1.20. The Bertz CT molecular complexity index is 960. The van der Waals surface area contributed by atoms with Crippen molar-refractivity contribution >= 4 is 25.7 Å². The number of nitrogens with one attached hydrogen (secondary N) is 1. The summed E-state index contributed by atoms with van der Waals surface area (Å²) in [5, 5.41) is 13.8. The Labute approximate surface area is 134 Å². The number of benzene rings is 2. The Balaban J connectivity index is 2.34. The number of nitriles is 1. The highest BCUT2D eigenvalue weighted by atomic mass is 32.2. The van der Waals surface area contributed by atoms with Gasteiger partial charge in [0.05, 0.1) is 22.3 Å². The summed E-state index contributed by atoms with van der Waals surface area (Å²) in [5.41, 5.74) is 0.563. The lowest BCUT2D eigenvalue weighted by Gasteiger charge is -2.11. The Kier molecular flexibility index (Phi) is 4.70. The highest BCUT2D eigenvalue weighted by Gasteiger charge is 2.18. The summed E-state index contributed by atoms with van der Waals surface area (Å²) in [6.07, 6.45) is -0.0402. The topological polar surface area (TPSA) is 130 Å². The minimum absolute atomic E-state index is 0.00271. The van der Waals surface area contributed by atoms with Crippen molar-refractivity contribution < 1.29 is 16.8 Å². The summed E-state index contributed by atoms with van der Waals surface area (Å²) in [6, 6.07) is 13.1. The number of anilines is 1. The first kappa shape index (κ1) is 17.0. The van der Waals surface area contributed by atoms with Crippen LogP contribution >= 0.6 is 0 Å². The molecule has 0 unspecified atom stereocenters. The van der Waals surface area contributed by atoms with E-state index in [0.717, 1.165) is 0 Å². The largest absolute Gasteiger partial charge is 0.280 e. The first-order valence-corrected chi connectivity index (χ1v) is 9.37. The summed E-state index contributed by atoms with van der Waals surface area (Å²) in [5.74, 6) is 0. The third-order valence-corrected chi connectivity index (χ3v) is 5.38. The highest BCUT2D eigenvalue weighted by Crippen LogP contribution is 2.21. The van der Waals surface area contributed by atoms with Crippen molar-refractivity contribution in [3.63, 3.8) is 0 Å². The molecule has 3 N–H and O–H groups in total. The van der Waals surface area contributed by atoms with Crippen LogP contribution in [0.1, 0.15) is 5.56 Å². The van der Waals surface area contributed by atoms with Gasteiger partial charge in [-0.1, -0.05) is 18.2 Å². The zero-order valence-corrected chi connectivity index (χ0v) is 13.4. The normalized spacial score (nSPS) is 11.7. The van der Waals surface area contributed by atoms with E-state index in [4.69, 9.17) is 10.4 Å². The molecule has 0 saturated carbocycles. The van der Waals surface area contributed by atoms with Gasteiger partial charge in [0.15, 0.2) is 0 Å². The molecule has 120 valence electrons. The van der Waals surface area contributed by atoms with Gasteiger partial charge in [-0.15, -0.1) is 0 Å². The minimum atomic E-state index is -3.90. The molecule has 7 nitrogen and oxygen atoms in total. The van der Waals surface area contributed by atoms with Crippen LogP contribution in [-0.2, 0) is 26.5 Å². The molecule has 0 aliphatic rings. The van der Waals surface area contributed by atoms with Gasteiger partial charge < -0.3 is 0 Å². The average Bonchev–Trinajstić information content (AvgIpc) is 2.47. The number of primary sulfonamides is 1. The third-order valence-electron chi connectivity index (χ3n) is 2.97. The van der Waals surface area contributed by atoms with E-state index in [0.29, 0.717) is 5.56 Å². The smallest absolute Gasteiger partial charge is 0.262 e. The van der Waals surface area contributed by atoms with Crippen LogP contribution in [0.3, 0.4) is 0 Å². The quantitative estimate of drug-likeness (QED) is 0.836. The van der Waals surface area contributed by atoms with Crippen LogP contribution in [0.25, 0.3) is 0 Å². The summed E-state index contributed by atoms with van der Waals surface area (Å²) in [6.45, 7) is 0. The zero-order chi connectivity index (χ0) is 17.1. The molecule has 2 rings (SSSR count). The van der Waals surface area contributed by atoms with Gasteiger partial charge in [-0.05, 0) is 35.9 Å². The van der Waals surface area contributed by atoms with Gasteiger partial charge in [0.2, 0.25) is 10.0 Å². The first-order chi connectivity index (χ1) is 10.7. The van der Waals surface area contributed by atoms with Gasteiger partial charge >= 0.3 is 0 Å². The van der Waals surface area contributed by atoms with E-state index in [1.807, 2.05) is 6.07 Å². The summed E-state index contributed by atoms with van der Waals surface area (Å²) in [7, 11) is -7.74. The van der Waals surface area contributed by atoms with Gasteiger partial charge in [-0.25, -0.2) is 22.0 Å². The van der Waals surface area contributed by atoms with E-state index >= 15 is 0 Å². The number of hydrogen-bond donors (Lipinski definition) is 2. The molecule has 0 spiro atoms. The monoisotopic (exact) mass is 351 g/mol. The van der Waals surface area contributed by atoms with Crippen LogP contribution < -0.4 is 9.86 Å². The molecule has 0 aliphatic carbocycles. The van der Waals surface area contributed by atoms with E-state index in [1.165, 1.54) is 30.3 Å². The van der Waals surface area contributed by atoms with Crippen molar-refractivity contribution in [1.82, 2.24) is 0 Å². The first-order valence-electron chi connectivity index (χ1n) is 6.34. The van der Waals surface area contributed by atoms with Crippen LogP contribution in [-0.4, -0.2) is 16.8 Å². The Morgan fingerprint density at radius 2 is 1.61 bits per heavy atom. The summed E-state index contributed by atoms with van der Waals surface area (Å²) in [4.78, 5) is -0.123. The zero-order valence-electron chi connectivity index (χ0n) is 11.8. The molecule has 2 aromatic carbocycles. The van der Waals surface area contributed by atoms with Crippen LogP contribution in [0, 0.1) is 11.3 Å². The summed E-state index contributed by atoms with van der Waals surface area (Å²) >= 11 is 0. The molecule has 23 heavy (non-hydrogen) atoms. The fourth-order valence-corrected chi connectivity index (χ4v) is 3.73. The minimum Gasteiger partial charge on any atom is -0.280 e. The van der Waals surface area contributed by atoms with E-state index in [2.05, 4.69) is 4.72 Å². The average molecular weight is 351 g/mol. The van der Waals surface area contributed by atoms with E-state index in [9.17, 15) is 16.8 Å². The Morgan fingerprint density at radius 3 is 2.17 bits per heavy atom. The maximum atomic E-state index is 12.4. The fraction of sp³-hybridized carbons (Fsp3) is 0.0714. The molecule has 0 atom stereocenters. The molecule has 0 bridgehead atoms. The summed E-state index contributed by atoms with van der Waals surface area (Å²) < 4.78 is 49.5. The van der Waals surface area contributed by atoms with Gasteiger partial charge in [-0.3, -0.25) is 4.72 Å². The van der Waals surface area contributed by atoms with E-state index in [1.54, 1.807) is 18.2 Å². The van der Waals surface area contributed by atoms with Gasteiger partial charge in [-0.2, -0.15) is 5.26 Å². The number of hydrogen-bond acceptors (Lipinski definition) is 5. The number of rotatable bonds is 5. The van der Waals surface area contributed by atoms with Crippen LogP contribution in [0.15, 0.2) is 58.3 Å². The number of nitrogens with zero attached hydrogens (tertiary/aromatic N) is 1. The fourth-order valence-electron chi connectivity index (χ4n) is 1.92. The third kappa shape index (κ3) is 4.07. The van der Waals surface area contributed by atoms with Gasteiger partial charge in [0.25, 0.3) is 10.0 Å². The molecule has 2 aromatic rings. The second kappa shape index (κ2) is 6.37. The predicted molar refractivity (Wildman–Crippen MR) is 84.4 cm³/mol. The van der Waals surface area contributed by atoms with Gasteiger partial charge in [0.1, 0.15) is 0 Å². The standard InChI is InChI=1S/C14H13N3O4S2/c15-10-9-11-3-1-2-4-14(11)23(20,21)17-12-5-7-13(8-6-12)22(16,18)19/h1-8,17H,9H2,(H2,16,18,19). The molecule has 0 amide bonds. The molecule has 0 radical (unpaired) electrons. The van der Waals surface area contributed by atoms with E-state index in [-0.39, 0.29) is 21.9 Å². The second-order valence-electron chi connectivity index (χ2n) is 4.62. The molecule has 0 saturated heterocycles. The lowest BCUT2D eigenvalue weighted by Crippen LogP contribution is -2.15. The Morgan fingerprint density at radius 1 is 1.00 bits per heavy atom. The molecule has 0 fully saturated rings. The van der Waals surface area contributed by atoms with Crippen molar-refractivity contribution in [1.29, 1.82) is 5.26 Å². The molecule has 0 heterocycles. The maximum absolute atomic E-state index is 12.4. The van der Waals surface area contributed by atoms with Crippen LogP contribution in [0.2, 0.25) is 0 Å². The highest BCUT2D eigenvalue weighted by molar-refractivity contribution is 7.92. The van der Waals surface area contributed by atoms with Crippen LogP contribution in [0.5, 0.6) is 0 Å². The molecular formula is C14H13N3O4S2. The second-order valence-corrected chi connectivity index (χ2v) is 7.83. The molecule has 9 heteroatoms. The van der Waals surface area contributed by atoms with Crippen LogP contribution in [0.4, 0.5) is 5.69 Å². The molecule has 0 aliphatic heterocycles.